The Morgan fingerprint density at radius 1 is 1.06 bits per heavy atom. The number of nitro benzene ring substituents is 1. The minimum absolute atomic E-state index is 1.69. The third-order valence-electron chi connectivity index (χ3n) is 1.64. The van der Waals surface area contributed by atoms with Gasteiger partial charge in [-0.05, 0) is 0 Å². The van der Waals surface area contributed by atoms with Crippen molar-refractivity contribution in [2.45, 2.75) is 0 Å². The molecule has 0 aliphatic heterocycles. The normalized spacial score (nSPS) is 10.2. The third kappa shape index (κ3) is 1.55. The van der Waals surface area contributed by atoms with Gasteiger partial charge in [-0.15, -0.1) is 0 Å². The molecule has 9 heteroatoms. The van der Waals surface area contributed by atoms with Gasteiger partial charge in [0.2, 0.25) is 11.6 Å². The quantitative estimate of drug-likeness (QED) is 0.369. The van der Waals surface area contributed by atoms with Crippen LogP contribution in [0.15, 0.2) is 0 Å². The Kier molecular flexibility index (Phi) is 2.79. The van der Waals surface area contributed by atoms with Crippen molar-refractivity contribution in [3.63, 3.8) is 0 Å². The molecule has 0 radical (unpaired) electrons. The van der Waals surface area contributed by atoms with Gasteiger partial charge in [-0.2, -0.15) is 8.78 Å². The Hall–Kier alpha value is -2.19. The first-order valence-corrected chi connectivity index (χ1v) is 3.52. The topological polar surface area (TPSA) is 80.4 Å². The maximum absolute atomic E-state index is 12.8. The monoisotopic (exact) mass is 239 g/mol. The molecule has 0 atom stereocenters. The Labute approximate surface area is 84.1 Å². The molecule has 1 aromatic carbocycles. The molecule has 0 saturated carbocycles. The number of rotatable bonds is 2. The first-order valence-electron chi connectivity index (χ1n) is 3.52. The van der Waals surface area contributed by atoms with E-state index in [1.807, 2.05) is 0 Å². The van der Waals surface area contributed by atoms with E-state index >= 15 is 0 Å². The van der Waals surface area contributed by atoms with Crippen LogP contribution >= 0.6 is 0 Å². The van der Waals surface area contributed by atoms with E-state index in [4.69, 9.17) is 5.11 Å². The highest BCUT2D eigenvalue weighted by atomic mass is 19.2. The van der Waals surface area contributed by atoms with Crippen LogP contribution in [-0.2, 0) is 0 Å². The van der Waals surface area contributed by atoms with Crippen molar-refractivity contribution in [1.82, 2.24) is 0 Å². The smallest absolute Gasteiger partial charge is 0.346 e. The molecular formula is C7HF4NO4. The van der Waals surface area contributed by atoms with Crippen molar-refractivity contribution in [3.8, 4) is 0 Å². The second-order valence-electron chi connectivity index (χ2n) is 2.54. The molecular weight excluding hydrogens is 238 g/mol. The van der Waals surface area contributed by atoms with Crippen molar-refractivity contribution in [2.75, 3.05) is 0 Å². The molecule has 0 unspecified atom stereocenters. The first-order chi connectivity index (χ1) is 7.29. The van der Waals surface area contributed by atoms with E-state index in [9.17, 15) is 32.5 Å². The molecule has 86 valence electrons. The molecule has 0 bridgehead atoms. The fraction of sp³-hybridized carbons (Fsp3) is 0. The lowest BCUT2D eigenvalue weighted by Crippen LogP contribution is -2.12. The lowest BCUT2D eigenvalue weighted by molar-refractivity contribution is -0.390. The maximum Gasteiger partial charge on any atom is 0.346 e. The Bertz CT molecular complexity index is 428. The number of halogens is 4. The molecule has 0 spiro atoms. The maximum atomic E-state index is 12.8. The first kappa shape index (κ1) is 11.9. The molecule has 1 N–H and O–H groups in total. The van der Waals surface area contributed by atoms with Crippen LogP contribution in [0.4, 0.5) is 23.2 Å². The summed E-state index contributed by atoms with van der Waals surface area (Å²) in [6.07, 6.45) is 0. The average Bonchev–Trinajstić information content (AvgIpc) is 2.14. The fourth-order valence-corrected chi connectivity index (χ4v) is 0.968. The number of carbonyl (C=O) groups is 1. The molecule has 0 amide bonds. The zero-order valence-electron chi connectivity index (χ0n) is 7.13. The Morgan fingerprint density at radius 3 is 1.69 bits per heavy atom. The van der Waals surface area contributed by atoms with E-state index in [-0.39, 0.29) is 0 Å². The summed E-state index contributed by atoms with van der Waals surface area (Å²) in [6.45, 7) is 0. The van der Waals surface area contributed by atoms with Crippen LogP contribution in [0, 0.1) is 33.4 Å². The molecule has 0 heterocycles. The molecule has 1 aromatic rings. The number of carboxylic acid groups (broad SMARTS) is 1. The number of aromatic carboxylic acids is 1. The minimum atomic E-state index is -2.36. The van der Waals surface area contributed by atoms with E-state index in [1.54, 1.807) is 0 Å². The van der Waals surface area contributed by atoms with Gasteiger partial charge >= 0.3 is 11.7 Å². The molecule has 5 nitrogen and oxygen atoms in total. The van der Waals surface area contributed by atoms with Gasteiger partial charge in [0, 0.05) is 0 Å². The van der Waals surface area contributed by atoms with Gasteiger partial charge in [-0.1, -0.05) is 0 Å². The number of carboxylic acids is 1. The predicted molar refractivity (Wildman–Crippen MR) is 39.9 cm³/mol. The second-order valence-corrected chi connectivity index (χ2v) is 2.54. The van der Waals surface area contributed by atoms with E-state index in [0.29, 0.717) is 0 Å². The average molecular weight is 239 g/mol. The SMILES string of the molecule is O=C(O)c1c(F)c(F)c([N+](=O)[O-])c(F)c1F. The van der Waals surface area contributed by atoms with Crippen LogP contribution in [0.5, 0.6) is 0 Å². The van der Waals surface area contributed by atoms with Gasteiger partial charge in [-0.3, -0.25) is 10.1 Å². The summed E-state index contributed by atoms with van der Waals surface area (Å²) in [6, 6.07) is 0. The number of benzene rings is 1. The summed E-state index contributed by atoms with van der Waals surface area (Å²) >= 11 is 0. The van der Waals surface area contributed by atoms with Crippen LogP contribution in [0.25, 0.3) is 0 Å². The summed E-state index contributed by atoms with van der Waals surface area (Å²) in [5, 5.41) is 18.3. The molecule has 0 aromatic heterocycles. The zero-order valence-corrected chi connectivity index (χ0v) is 7.13. The van der Waals surface area contributed by atoms with Crippen LogP contribution in [0.3, 0.4) is 0 Å². The largest absolute Gasteiger partial charge is 0.477 e. The predicted octanol–water partition coefficient (Wildman–Crippen LogP) is 1.85. The molecule has 0 fully saturated rings. The fourth-order valence-electron chi connectivity index (χ4n) is 0.968. The summed E-state index contributed by atoms with van der Waals surface area (Å²) in [5.41, 5.74) is -3.99. The van der Waals surface area contributed by atoms with E-state index in [2.05, 4.69) is 0 Å². The summed E-state index contributed by atoms with van der Waals surface area (Å²) in [4.78, 5) is 18.6. The molecule has 1 rings (SSSR count). The van der Waals surface area contributed by atoms with Gasteiger partial charge in [-0.25, -0.2) is 13.6 Å². The molecule has 0 saturated heterocycles. The lowest BCUT2D eigenvalue weighted by Gasteiger charge is -2.03. The van der Waals surface area contributed by atoms with Crippen molar-refractivity contribution in [2.24, 2.45) is 0 Å². The van der Waals surface area contributed by atoms with Crippen molar-refractivity contribution in [1.29, 1.82) is 0 Å². The lowest BCUT2D eigenvalue weighted by atomic mass is 10.1. The molecule has 0 aliphatic carbocycles. The van der Waals surface area contributed by atoms with Crippen LogP contribution in [-0.4, -0.2) is 16.0 Å². The summed E-state index contributed by atoms with van der Waals surface area (Å²) in [7, 11) is 0. The van der Waals surface area contributed by atoms with Crippen molar-refractivity contribution >= 4 is 11.7 Å². The number of nitrogens with zero attached hydrogens (tertiary/aromatic N) is 1. The summed E-state index contributed by atoms with van der Waals surface area (Å²) in [5.74, 6) is -11.6. The Balaban J connectivity index is 3.77. The molecule has 16 heavy (non-hydrogen) atoms. The van der Waals surface area contributed by atoms with Crippen molar-refractivity contribution < 1.29 is 32.4 Å². The minimum Gasteiger partial charge on any atom is -0.477 e. The molecule has 0 aliphatic rings. The van der Waals surface area contributed by atoms with E-state index in [1.165, 1.54) is 0 Å². The van der Waals surface area contributed by atoms with Gasteiger partial charge in [0.05, 0.1) is 4.92 Å². The van der Waals surface area contributed by atoms with Gasteiger partial charge in [0.25, 0.3) is 0 Å². The third-order valence-corrected chi connectivity index (χ3v) is 1.64. The van der Waals surface area contributed by atoms with Crippen molar-refractivity contribution in [3.05, 3.63) is 38.9 Å². The van der Waals surface area contributed by atoms with Gasteiger partial charge in [0.1, 0.15) is 5.56 Å². The van der Waals surface area contributed by atoms with E-state index < -0.39 is 45.4 Å². The number of hydrogen-bond donors (Lipinski definition) is 1. The summed E-state index contributed by atoms with van der Waals surface area (Å²) < 4.78 is 51.3. The van der Waals surface area contributed by atoms with Gasteiger partial charge in [0.15, 0.2) is 11.6 Å². The number of hydrogen-bond acceptors (Lipinski definition) is 3. The van der Waals surface area contributed by atoms with Crippen LogP contribution in [0.1, 0.15) is 10.4 Å². The standard InChI is InChI=1S/C7HF4NO4/c8-2-1(7(13)14)3(9)5(11)6(4(2)10)12(15)16/h(H,13,14). The van der Waals surface area contributed by atoms with Gasteiger partial charge < -0.3 is 5.11 Å². The van der Waals surface area contributed by atoms with E-state index in [0.717, 1.165) is 0 Å². The zero-order chi connectivity index (χ0) is 12.6. The number of nitro groups is 1. The highest BCUT2D eigenvalue weighted by Gasteiger charge is 2.35. The highest BCUT2D eigenvalue weighted by Crippen LogP contribution is 2.29. The van der Waals surface area contributed by atoms with Crippen LogP contribution < -0.4 is 0 Å². The van der Waals surface area contributed by atoms with Crippen LogP contribution in [0.2, 0.25) is 0 Å². The Morgan fingerprint density at radius 2 is 1.44 bits per heavy atom. The second kappa shape index (κ2) is 3.76. The highest BCUT2D eigenvalue weighted by molar-refractivity contribution is 5.88.